The van der Waals surface area contributed by atoms with Gasteiger partial charge >= 0.3 is 0 Å². The number of aromatic nitrogens is 2. The molecule has 1 aromatic heterocycles. The highest BCUT2D eigenvalue weighted by atomic mass is 16.5. The lowest BCUT2D eigenvalue weighted by atomic mass is 10.2. The lowest BCUT2D eigenvalue weighted by Crippen LogP contribution is -2.44. The number of hydrogen-bond donors (Lipinski definition) is 1. The number of anilines is 1. The monoisotopic (exact) mass is 372 g/mol. The Morgan fingerprint density at radius 3 is 2.48 bits per heavy atom. The van der Waals surface area contributed by atoms with Crippen molar-refractivity contribution in [2.75, 3.05) is 31.1 Å². The Balaban J connectivity index is 0.000000321. The van der Waals surface area contributed by atoms with E-state index in [-0.39, 0.29) is 5.60 Å². The largest absolute Gasteiger partial charge is 0.483 e. The van der Waals surface area contributed by atoms with E-state index in [1.807, 2.05) is 51.1 Å². The van der Waals surface area contributed by atoms with E-state index in [4.69, 9.17) is 4.74 Å². The van der Waals surface area contributed by atoms with Gasteiger partial charge in [-0.1, -0.05) is 30.3 Å². The van der Waals surface area contributed by atoms with Crippen molar-refractivity contribution in [3.05, 3.63) is 48.4 Å². The fourth-order valence-corrected chi connectivity index (χ4v) is 2.41. The van der Waals surface area contributed by atoms with Crippen molar-refractivity contribution in [1.82, 2.24) is 15.3 Å². The van der Waals surface area contributed by atoms with Crippen molar-refractivity contribution in [2.45, 2.75) is 33.0 Å². The second kappa shape index (κ2) is 10.5. The van der Waals surface area contributed by atoms with Gasteiger partial charge in [-0.25, -0.2) is 9.97 Å². The zero-order valence-electron chi connectivity index (χ0n) is 16.2. The molecule has 0 amide bonds. The summed E-state index contributed by atoms with van der Waals surface area (Å²) in [5, 5.41) is 3.34. The van der Waals surface area contributed by atoms with Crippen LogP contribution in [0, 0.1) is 0 Å². The molecule has 1 aliphatic rings. The van der Waals surface area contributed by atoms with Gasteiger partial charge in [0.15, 0.2) is 11.6 Å². The SMILES string of the molecule is CC(C)(C)OC=O.c1ccc(COc2cncnc2N2CCNCC2)cc1. The molecule has 0 bridgehead atoms. The van der Waals surface area contributed by atoms with E-state index in [0.29, 0.717) is 13.1 Å². The van der Waals surface area contributed by atoms with Crippen molar-refractivity contribution in [3.8, 4) is 5.75 Å². The number of piperazine rings is 1. The maximum Gasteiger partial charge on any atom is 0.293 e. The Morgan fingerprint density at radius 2 is 1.89 bits per heavy atom. The van der Waals surface area contributed by atoms with Crippen molar-refractivity contribution in [1.29, 1.82) is 0 Å². The fourth-order valence-electron chi connectivity index (χ4n) is 2.41. The van der Waals surface area contributed by atoms with Gasteiger partial charge in [-0.3, -0.25) is 4.79 Å². The number of nitrogens with zero attached hydrogens (tertiary/aromatic N) is 3. The van der Waals surface area contributed by atoms with Gasteiger partial charge in [-0.2, -0.15) is 0 Å². The summed E-state index contributed by atoms with van der Waals surface area (Å²) in [6, 6.07) is 10.1. The second-order valence-corrected chi connectivity index (χ2v) is 7.05. The molecule has 1 saturated heterocycles. The molecule has 1 N–H and O–H groups in total. The van der Waals surface area contributed by atoms with E-state index in [0.717, 1.165) is 43.3 Å². The number of benzene rings is 1. The van der Waals surface area contributed by atoms with Gasteiger partial charge in [-0.05, 0) is 26.3 Å². The molecule has 1 fully saturated rings. The topological polar surface area (TPSA) is 76.6 Å². The van der Waals surface area contributed by atoms with Gasteiger partial charge in [0.05, 0.1) is 6.20 Å². The number of carbonyl (C=O) groups is 1. The van der Waals surface area contributed by atoms with E-state index >= 15 is 0 Å². The lowest BCUT2D eigenvalue weighted by molar-refractivity contribution is -0.138. The molecule has 0 radical (unpaired) electrons. The molecule has 27 heavy (non-hydrogen) atoms. The Kier molecular flexibility index (Phi) is 8.00. The first-order valence-electron chi connectivity index (χ1n) is 9.03. The summed E-state index contributed by atoms with van der Waals surface area (Å²) in [5.74, 6) is 1.63. The van der Waals surface area contributed by atoms with Gasteiger partial charge in [0.2, 0.25) is 0 Å². The van der Waals surface area contributed by atoms with Gasteiger partial charge < -0.3 is 19.7 Å². The normalized spacial score (nSPS) is 14.0. The summed E-state index contributed by atoms with van der Waals surface area (Å²) in [7, 11) is 0. The summed E-state index contributed by atoms with van der Waals surface area (Å²) >= 11 is 0. The summed E-state index contributed by atoms with van der Waals surface area (Å²) in [4.78, 5) is 20.3. The molecule has 0 aliphatic carbocycles. The van der Waals surface area contributed by atoms with Crippen molar-refractivity contribution >= 4 is 12.3 Å². The second-order valence-electron chi connectivity index (χ2n) is 7.05. The molecule has 7 nitrogen and oxygen atoms in total. The van der Waals surface area contributed by atoms with Crippen molar-refractivity contribution < 1.29 is 14.3 Å². The van der Waals surface area contributed by atoms with Crippen LogP contribution in [0.3, 0.4) is 0 Å². The van der Waals surface area contributed by atoms with Crippen LogP contribution in [0.25, 0.3) is 0 Å². The predicted molar refractivity (Wildman–Crippen MR) is 105 cm³/mol. The van der Waals surface area contributed by atoms with Gasteiger partial charge in [-0.15, -0.1) is 0 Å². The fraction of sp³-hybridized carbons (Fsp3) is 0.450. The van der Waals surface area contributed by atoms with Crippen LogP contribution in [-0.4, -0.2) is 48.2 Å². The first-order valence-corrected chi connectivity index (χ1v) is 9.03. The van der Waals surface area contributed by atoms with E-state index < -0.39 is 0 Å². The quantitative estimate of drug-likeness (QED) is 0.808. The third kappa shape index (κ3) is 7.62. The summed E-state index contributed by atoms with van der Waals surface area (Å²) in [6.45, 7) is 10.3. The molecule has 2 aromatic rings. The number of nitrogens with one attached hydrogen (secondary N) is 1. The van der Waals surface area contributed by atoms with Crippen molar-refractivity contribution in [3.63, 3.8) is 0 Å². The Bertz CT molecular complexity index is 683. The van der Waals surface area contributed by atoms with E-state index in [2.05, 4.69) is 24.9 Å². The van der Waals surface area contributed by atoms with Crippen LogP contribution < -0.4 is 15.0 Å². The number of rotatable bonds is 5. The molecule has 0 spiro atoms. The van der Waals surface area contributed by atoms with Crippen molar-refractivity contribution in [2.24, 2.45) is 0 Å². The molecule has 7 heteroatoms. The summed E-state index contributed by atoms with van der Waals surface area (Å²) in [5.41, 5.74) is 0.824. The maximum atomic E-state index is 9.60. The first-order chi connectivity index (χ1) is 13.0. The van der Waals surface area contributed by atoms with Crippen LogP contribution in [0.15, 0.2) is 42.9 Å². The zero-order valence-corrected chi connectivity index (χ0v) is 16.2. The van der Waals surface area contributed by atoms with E-state index in [9.17, 15) is 4.79 Å². The molecule has 0 saturated carbocycles. The average Bonchev–Trinajstić information content (AvgIpc) is 2.68. The molecular formula is C20H28N4O3. The smallest absolute Gasteiger partial charge is 0.293 e. The Hall–Kier alpha value is -2.67. The molecule has 146 valence electrons. The highest BCUT2D eigenvalue weighted by Crippen LogP contribution is 2.25. The van der Waals surface area contributed by atoms with Crippen LogP contribution in [0.1, 0.15) is 26.3 Å². The van der Waals surface area contributed by atoms with Crippen LogP contribution >= 0.6 is 0 Å². The molecule has 1 aromatic carbocycles. The molecular weight excluding hydrogens is 344 g/mol. The molecule has 0 unspecified atom stereocenters. The average molecular weight is 372 g/mol. The summed E-state index contributed by atoms with van der Waals surface area (Å²) < 4.78 is 10.4. The maximum absolute atomic E-state index is 9.60. The third-order valence-electron chi connectivity index (χ3n) is 3.71. The van der Waals surface area contributed by atoms with Crippen LogP contribution in [0.5, 0.6) is 5.75 Å². The Morgan fingerprint density at radius 1 is 1.19 bits per heavy atom. The molecule has 0 atom stereocenters. The van der Waals surface area contributed by atoms with E-state index in [1.165, 1.54) is 0 Å². The highest BCUT2D eigenvalue weighted by molar-refractivity contribution is 5.51. The molecule has 1 aliphatic heterocycles. The highest BCUT2D eigenvalue weighted by Gasteiger charge is 2.16. The minimum absolute atomic E-state index is 0.318. The predicted octanol–water partition coefficient (Wildman–Crippen LogP) is 2.42. The third-order valence-corrected chi connectivity index (χ3v) is 3.71. The minimum atomic E-state index is -0.318. The number of ether oxygens (including phenoxy) is 2. The van der Waals surface area contributed by atoms with Crippen LogP contribution in [0.4, 0.5) is 5.82 Å². The number of carbonyl (C=O) groups excluding carboxylic acids is 1. The van der Waals surface area contributed by atoms with Crippen LogP contribution in [0.2, 0.25) is 0 Å². The molecule has 3 rings (SSSR count). The molecule has 2 heterocycles. The van der Waals surface area contributed by atoms with Crippen LogP contribution in [-0.2, 0) is 16.1 Å². The van der Waals surface area contributed by atoms with E-state index in [1.54, 1.807) is 12.5 Å². The summed E-state index contributed by atoms with van der Waals surface area (Å²) in [6.07, 6.45) is 3.32. The van der Waals surface area contributed by atoms with Gasteiger partial charge in [0.25, 0.3) is 6.47 Å². The zero-order chi connectivity index (χ0) is 19.5. The first kappa shape index (κ1) is 20.6. The van der Waals surface area contributed by atoms with Gasteiger partial charge in [0.1, 0.15) is 18.5 Å². The standard InChI is InChI=1S/C15H18N4O.C5H10O2/c1-2-4-13(5-3-1)11-20-14-10-17-12-18-15(14)19-8-6-16-7-9-19;1-5(2,3)7-4-6/h1-5,10,12,16H,6-9,11H2;4H,1-3H3. The lowest BCUT2D eigenvalue weighted by Gasteiger charge is -2.29. The number of hydrogen-bond acceptors (Lipinski definition) is 7. The minimum Gasteiger partial charge on any atom is -0.483 e. The van der Waals surface area contributed by atoms with Gasteiger partial charge in [0, 0.05) is 26.2 Å². The Labute approximate surface area is 160 Å².